The molecule has 2 heterocycles. The highest BCUT2D eigenvalue weighted by molar-refractivity contribution is 7.13. The van der Waals surface area contributed by atoms with Crippen molar-refractivity contribution in [3.8, 4) is 0 Å². The lowest BCUT2D eigenvalue weighted by molar-refractivity contribution is 0.0283. The van der Waals surface area contributed by atoms with Gasteiger partial charge in [0.15, 0.2) is 5.13 Å². The number of rotatable bonds is 2. The molecule has 0 amide bonds. The van der Waals surface area contributed by atoms with Crippen molar-refractivity contribution in [1.82, 2.24) is 4.98 Å². The summed E-state index contributed by atoms with van der Waals surface area (Å²) in [5, 5.41) is 3.06. The van der Waals surface area contributed by atoms with Gasteiger partial charge in [0.05, 0.1) is 18.8 Å². The summed E-state index contributed by atoms with van der Waals surface area (Å²) >= 11 is 1.66. The summed E-state index contributed by atoms with van der Waals surface area (Å²) in [5.41, 5.74) is 5.60. The van der Waals surface area contributed by atoms with E-state index in [-0.39, 0.29) is 6.10 Å². The average Bonchev–Trinajstić information content (AvgIpc) is 2.71. The first kappa shape index (κ1) is 9.89. The van der Waals surface area contributed by atoms with Gasteiger partial charge in [-0.3, -0.25) is 0 Å². The molecule has 0 aromatic carbocycles. The number of hydrogen-bond acceptors (Lipinski definition) is 5. The number of anilines is 1. The summed E-state index contributed by atoms with van der Waals surface area (Å²) < 4.78 is 5.58. The number of nitrogens with two attached hydrogens (primary N) is 1. The molecule has 0 radical (unpaired) electrons. The van der Waals surface area contributed by atoms with Crippen LogP contribution in [0, 0.1) is 0 Å². The molecule has 2 atom stereocenters. The van der Waals surface area contributed by atoms with Crippen molar-refractivity contribution in [3.63, 3.8) is 0 Å². The maximum Gasteiger partial charge on any atom is 0.185 e. The van der Waals surface area contributed by atoms with Gasteiger partial charge < -0.3 is 15.4 Å². The number of ether oxygens (including phenoxy) is 1. The Labute approximate surface area is 87.7 Å². The van der Waals surface area contributed by atoms with E-state index in [4.69, 9.17) is 10.5 Å². The minimum Gasteiger partial charge on any atom is -0.373 e. The zero-order chi connectivity index (χ0) is 9.97. The van der Waals surface area contributed by atoms with Crippen LogP contribution in [-0.2, 0) is 4.74 Å². The SMILES string of the molecule is CC1COC(CN)CN1c1nccs1. The highest BCUT2D eigenvalue weighted by Gasteiger charge is 2.26. The van der Waals surface area contributed by atoms with E-state index in [1.54, 1.807) is 11.3 Å². The lowest BCUT2D eigenvalue weighted by Crippen LogP contribution is -2.50. The number of hydrogen-bond donors (Lipinski definition) is 1. The fourth-order valence-electron chi connectivity index (χ4n) is 1.58. The molecule has 2 unspecified atom stereocenters. The van der Waals surface area contributed by atoms with Crippen molar-refractivity contribution in [2.45, 2.75) is 19.1 Å². The normalized spacial score (nSPS) is 28.0. The summed E-state index contributed by atoms with van der Waals surface area (Å²) in [4.78, 5) is 6.58. The summed E-state index contributed by atoms with van der Waals surface area (Å²) in [5.74, 6) is 0. The molecule has 5 heteroatoms. The highest BCUT2D eigenvalue weighted by Crippen LogP contribution is 2.23. The monoisotopic (exact) mass is 213 g/mol. The van der Waals surface area contributed by atoms with E-state index >= 15 is 0 Å². The fourth-order valence-corrected chi connectivity index (χ4v) is 2.34. The molecule has 0 spiro atoms. The first-order valence-electron chi connectivity index (χ1n) is 4.79. The molecule has 1 aromatic heterocycles. The summed E-state index contributed by atoms with van der Waals surface area (Å²) in [7, 11) is 0. The van der Waals surface area contributed by atoms with E-state index in [0.717, 1.165) is 18.3 Å². The van der Waals surface area contributed by atoms with Crippen LogP contribution in [0.5, 0.6) is 0 Å². The van der Waals surface area contributed by atoms with Gasteiger partial charge >= 0.3 is 0 Å². The Hall–Kier alpha value is -0.650. The second-order valence-corrected chi connectivity index (χ2v) is 4.38. The van der Waals surface area contributed by atoms with Gasteiger partial charge in [0.2, 0.25) is 0 Å². The zero-order valence-electron chi connectivity index (χ0n) is 8.22. The van der Waals surface area contributed by atoms with Crippen molar-refractivity contribution in [3.05, 3.63) is 11.6 Å². The van der Waals surface area contributed by atoms with Crippen LogP contribution < -0.4 is 10.6 Å². The van der Waals surface area contributed by atoms with Gasteiger partial charge in [-0.25, -0.2) is 4.98 Å². The lowest BCUT2D eigenvalue weighted by atomic mass is 10.2. The molecule has 14 heavy (non-hydrogen) atoms. The molecular weight excluding hydrogens is 198 g/mol. The standard InChI is InChI=1S/C9H15N3OS/c1-7-6-13-8(4-10)5-12(7)9-11-2-3-14-9/h2-3,7-8H,4-6,10H2,1H3. The van der Waals surface area contributed by atoms with Crippen LogP contribution in [0.4, 0.5) is 5.13 Å². The second-order valence-electron chi connectivity index (χ2n) is 3.51. The van der Waals surface area contributed by atoms with Crippen molar-refractivity contribution < 1.29 is 4.74 Å². The van der Waals surface area contributed by atoms with Crippen LogP contribution in [0.25, 0.3) is 0 Å². The van der Waals surface area contributed by atoms with Gasteiger partial charge in [0.1, 0.15) is 0 Å². The number of nitrogens with zero attached hydrogens (tertiary/aromatic N) is 2. The van der Waals surface area contributed by atoms with Crippen molar-refractivity contribution >= 4 is 16.5 Å². The Morgan fingerprint density at radius 1 is 1.79 bits per heavy atom. The lowest BCUT2D eigenvalue weighted by Gasteiger charge is -2.37. The molecule has 0 bridgehead atoms. The molecule has 2 rings (SSSR count). The number of aromatic nitrogens is 1. The Kier molecular flexibility index (Phi) is 3.00. The van der Waals surface area contributed by atoms with E-state index in [1.807, 2.05) is 11.6 Å². The van der Waals surface area contributed by atoms with Gasteiger partial charge in [-0.15, -0.1) is 11.3 Å². The van der Waals surface area contributed by atoms with Crippen LogP contribution in [0.3, 0.4) is 0 Å². The smallest absolute Gasteiger partial charge is 0.185 e. The minimum atomic E-state index is 0.148. The summed E-state index contributed by atoms with van der Waals surface area (Å²) in [6.07, 6.45) is 1.98. The van der Waals surface area contributed by atoms with Gasteiger partial charge in [-0.1, -0.05) is 0 Å². The van der Waals surface area contributed by atoms with Crippen LogP contribution >= 0.6 is 11.3 Å². The molecule has 2 N–H and O–H groups in total. The maximum atomic E-state index is 5.60. The highest BCUT2D eigenvalue weighted by atomic mass is 32.1. The molecule has 1 aliphatic heterocycles. The average molecular weight is 213 g/mol. The maximum absolute atomic E-state index is 5.60. The Morgan fingerprint density at radius 3 is 3.29 bits per heavy atom. The molecule has 4 nitrogen and oxygen atoms in total. The summed E-state index contributed by atoms with van der Waals surface area (Å²) in [6, 6.07) is 0.393. The first-order valence-corrected chi connectivity index (χ1v) is 5.67. The molecule has 1 aliphatic rings. The molecule has 0 saturated carbocycles. The van der Waals surface area contributed by atoms with E-state index < -0.39 is 0 Å². The van der Waals surface area contributed by atoms with Crippen LogP contribution in [0.1, 0.15) is 6.92 Å². The van der Waals surface area contributed by atoms with Crippen molar-refractivity contribution in [2.75, 3.05) is 24.6 Å². The van der Waals surface area contributed by atoms with E-state index in [0.29, 0.717) is 12.6 Å². The third-order valence-corrected chi connectivity index (χ3v) is 3.24. The van der Waals surface area contributed by atoms with E-state index in [9.17, 15) is 0 Å². The Bertz CT molecular complexity index is 278. The third-order valence-electron chi connectivity index (χ3n) is 2.43. The molecule has 78 valence electrons. The molecule has 1 saturated heterocycles. The Balaban J connectivity index is 2.09. The predicted octanol–water partition coefficient (Wildman–Crippen LogP) is 0.696. The molecule has 0 aliphatic carbocycles. The van der Waals surface area contributed by atoms with E-state index in [2.05, 4.69) is 16.8 Å². The Morgan fingerprint density at radius 2 is 2.64 bits per heavy atom. The molecule has 1 aromatic rings. The predicted molar refractivity (Wildman–Crippen MR) is 57.7 cm³/mol. The third kappa shape index (κ3) is 1.89. The van der Waals surface area contributed by atoms with Crippen LogP contribution in [-0.4, -0.2) is 36.8 Å². The first-order chi connectivity index (χ1) is 6.81. The van der Waals surface area contributed by atoms with Gasteiger partial charge in [0, 0.05) is 24.7 Å². The van der Waals surface area contributed by atoms with Crippen LogP contribution in [0.15, 0.2) is 11.6 Å². The van der Waals surface area contributed by atoms with Gasteiger partial charge in [-0.05, 0) is 6.92 Å². The second kappa shape index (κ2) is 4.25. The molecular formula is C9H15N3OS. The topological polar surface area (TPSA) is 51.4 Å². The fraction of sp³-hybridized carbons (Fsp3) is 0.667. The number of thiazole rings is 1. The van der Waals surface area contributed by atoms with Crippen molar-refractivity contribution in [1.29, 1.82) is 0 Å². The summed E-state index contributed by atoms with van der Waals surface area (Å²) in [6.45, 7) is 4.31. The minimum absolute atomic E-state index is 0.148. The zero-order valence-corrected chi connectivity index (χ0v) is 9.04. The van der Waals surface area contributed by atoms with Gasteiger partial charge in [0.25, 0.3) is 0 Å². The quantitative estimate of drug-likeness (QED) is 0.785. The molecule has 1 fully saturated rings. The van der Waals surface area contributed by atoms with E-state index in [1.165, 1.54) is 0 Å². The number of morpholine rings is 1. The van der Waals surface area contributed by atoms with Crippen molar-refractivity contribution in [2.24, 2.45) is 5.73 Å². The largest absolute Gasteiger partial charge is 0.373 e. The van der Waals surface area contributed by atoms with Crippen LogP contribution in [0.2, 0.25) is 0 Å². The van der Waals surface area contributed by atoms with Gasteiger partial charge in [-0.2, -0.15) is 0 Å².